The fraction of sp³-hybridized carbons (Fsp3) is 0.400. The van der Waals surface area contributed by atoms with Gasteiger partial charge < -0.3 is 14.4 Å². The Morgan fingerprint density at radius 1 is 1.03 bits per heavy atom. The van der Waals surface area contributed by atoms with Crippen molar-refractivity contribution < 1.29 is 14.3 Å². The van der Waals surface area contributed by atoms with Crippen molar-refractivity contribution in [3.8, 4) is 21.3 Å². The van der Waals surface area contributed by atoms with Gasteiger partial charge in [-0.2, -0.15) is 0 Å². The van der Waals surface area contributed by atoms with E-state index in [2.05, 4.69) is 35.8 Å². The van der Waals surface area contributed by atoms with Crippen LogP contribution in [0.15, 0.2) is 48.5 Å². The molecule has 1 atom stereocenters. The Kier molecular flexibility index (Phi) is 8.17. The van der Waals surface area contributed by atoms with Gasteiger partial charge in [-0.15, -0.1) is 11.8 Å². The Bertz CT molecular complexity index is 932. The summed E-state index contributed by atoms with van der Waals surface area (Å²) in [5, 5.41) is -0.194. The molecule has 0 aromatic heterocycles. The van der Waals surface area contributed by atoms with E-state index in [1.165, 1.54) is 0 Å². The van der Waals surface area contributed by atoms with Crippen molar-refractivity contribution >= 4 is 40.3 Å². The Morgan fingerprint density at radius 2 is 1.55 bits per heavy atom. The number of thioether (sulfide) groups is 1. The van der Waals surface area contributed by atoms with Crippen molar-refractivity contribution in [2.45, 2.75) is 37.8 Å². The second-order valence-electron chi connectivity index (χ2n) is 7.48. The summed E-state index contributed by atoms with van der Waals surface area (Å²) >= 11 is 3.69. The molecule has 0 aliphatic carbocycles. The standard InChI is InChI=1S/C25H28INO3S/c1-5-29-21-14-9-7-12-19(21)25(20-13-8-10-15-22(20)30-6-2)27(17-11-16-26)24(28)23(31-25)18(3)4/h7-10,12-15,18,23H,5-6,17H2,1-4H3. The molecule has 2 aromatic carbocycles. The molecule has 31 heavy (non-hydrogen) atoms. The van der Waals surface area contributed by atoms with Gasteiger partial charge in [0.05, 0.1) is 25.0 Å². The number of para-hydroxylation sites is 2. The van der Waals surface area contributed by atoms with Crippen LogP contribution in [0.2, 0.25) is 0 Å². The molecule has 1 amide bonds. The van der Waals surface area contributed by atoms with E-state index in [4.69, 9.17) is 9.47 Å². The van der Waals surface area contributed by atoms with Gasteiger partial charge in [0.25, 0.3) is 0 Å². The number of hydrogen-bond acceptors (Lipinski definition) is 4. The monoisotopic (exact) mass is 549 g/mol. The highest BCUT2D eigenvalue weighted by molar-refractivity contribution is 14.1. The minimum Gasteiger partial charge on any atom is -0.493 e. The third-order valence-electron chi connectivity index (χ3n) is 5.20. The molecule has 6 heteroatoms. The van der Waals surface area contributed by atoms with Gasteiger partial charge in [-0.3, -0.25) is 4.79 Å². The summed E-state index contributed by atoms with van der Waals surface area (Å²) < 4.78 is 15.0. The lowest BCUT2D eigenvalue weighted by molar-refractivity contribution is -0.131. The maximum absolute atomic E-state index is 13.7. The molecule has 0 radical (unpaired) electrons. The third-order valence-corrected chi connectivity index (χ3v) is 7.58. The number of ether oxygens (including phenoxy) is 2. The highest BCUT2D eigenvalue weighted by atomic mass is 127. The fourth-order valence-corrected chi connectivity index (χ4v) is 5.86. The van der Waals surface area contributed by atoms with E-state index >= 15 is 0 Å². The highest BCUT2D eigenvalue weighted by Gasteiger charge is 2.56. The number of carbonyl (C=O) groups excluding carboxylic acids is 1. The molecule has 1 aliphatic heterocycles. The van der Waals surface area contributed by atoms with E-state index < -0.39 is 4.87 Å². The maximum Gasteiger partial charge on any atom is 0.238 e. The molecular weight excluding hydrogens is 521 g/mol. The molecule has 0 spiro atoms. The lowest BCUT2D eigenvalue weighted by atomic mass is 9.93. The van der Waals surface area contributed by atoms with Gasteiger partial charge in [-0.25, -0.2) is 0 Å². The number of hydrogen-bond donors (Lipinski definition) is 0. The second kappa shape index (κ2) is 10.6. The van der Waals surface area contributed by atoms with Crippen LogP contribution in [0.4, 0.5) is 0 Å². The minimum atomic E-state index is -0.802. The van der Waals surface area contributed by atoms with E-state index in [9.17, 15) is 4.79 Å². The summed E-state index contributed by atoms with van der Waals surface area (Å²) in [6.07, 6.45) is 0. The second-order valence-corrected chi connectivity index (χ2v) is 9.35. The molecule has 0 bridgehead atoms. The van der Waals surface area contributed by atoms with Gasteiger partial charge in [-0.05, 0) is 35.8 Å². The summed E-state index contributed by atoms with van der Waals surface area (Å²) in [6.45, 7) is 9.55. The number of benzene rings is 2. The Hall–Kier alpha value is -1.85. The summed E-state index contributed by atoms with van der Waals surface area (Å²) in [5.74, 6) is 4.94. The zero-order valence-electron chi connectivity index (χ0n) is 18.4. The number of amides is 1. The number of carbonyl (C=O) groups is 1. The van der Waals surface area contributed by atoms with Crippen molar-refractivity contribution in [1.29, 1.82) is 0 Å². The first-order chi connectivity index (χ1) is 15.0. The molecule has 1 unspecified atom stereocenters. The smallest absolute Gasteiger partial charge is 0.238 e. The predicted molar refractivity (Wildman–Crippen MR) is 136 cm³/mol. The highest BCUT2D eigenvalue weighted by Crippen LogP contribution is 2.58. The van der Waals surface area contributed by atoms with Crippen molar-refractivity contribution in [2.75, 3.05) is 19.8 Å². The molecular formula is C25H28INO3S. The van der Waals surface area contributed by atoms with Gasteiger partial charge in [0.2, 0.25) is 5.91 Å². The van der Waals surface area contributed by atoms with Crippen molar-refractivity contribution in [3.05, 3.63) is 59.7 Å². The van der Waals surface area contributed by atoms with Crippen molar-refractivity contribution in [2.24, 2.45) is 5.92 Å². The van der Waals surface area contributed by atoms with Crippen LogP contribution in [0, 0.1) is 15.8 Å². The van der Waals surface area contributed by atoms with Crippen molar-refractivity contribution in [1.82, 2.24) is 4.90 Å². The normalized spacial score (nSPS) is 17.4. The summed E-state index contributed by atoms with van der Waals surface area (Å²) in [7, 11) is 0. The topological polar surface area (TPSA) is 38.8 Å². The van der Waals surface area contributed by atoms with Crippen LogP contribution in [-0.4, -0.2) is 35.8 Å². The average Bonchev–Trinajstić information content (AvgIpc) is 3.06. The summed E-state index contributed by atoms with van der Waals surface area (Å²) in [5.41, 5.74) is 1.89. The molecule has 1 fully saturated rings. The van der Waals surface area contributed by atoms with E-state index in [-0.39, 0.29) is 17.1 Å². The molecule has 4 nitrogen and oxygen atoms in total. The van der Waals surface area contributed by atoms with E-state index in [0.29, 0.717) is 19.8 Å². The van der Waals surface area contributed by atoms with Crippen LogP contribution in [0.3, 0.4) is 0 Å². The van der Waals surface area contributed by atoms with Crippen LogP contribution in [0.5, 0.6) is 11.5 Å². The fourth-order valence-electron chi connectivity index (χ4n) is 3.94. The number of halogens is 1. The largest absolute Gasteiger partial charge is 0.493 e. The van der Waals surface area contributed by atoms with Crippen LogP contribution in [0.1, 0.15) is 38.8 Å². The van der Waals surface area contributed by atoms with Gasteiger partial charge in [0, 0.05) is 33.7 Å². The van der Waals surface area contributed by atoms with Crippen molar-refractivity contribution in [3.63, 3.8) is 0 Å². The van der Waals surface area contributed by atoms with Crippen LogP contribution in [-0.2, 0) is 9.67 Å². The van der Waals surface area contributed by atoms with E-state index in [0.717, 1.165) is 22.6 Å². The van der Waals surface area contributed by atoms with Gasteiger partial charge in [0.1, 0.15) is 16.4 Å². The first kappa shape index (κ1) is 23.8. The van der Waals surface area contributed by atoms with Gasteiger partial charge in [0.15, 0.2) is 0 Å². The molecule has 0 N–H and O–H groups in total. The minimum absolute atomic E-state index is 0.0942. The zero-order valence-corrected chi connectivity index (χ0v) is 21.3. The lowest BCUT2D eigenvalue weighted by Gasteiger charge is -2.39. The Balaban J connectivity index is 2.36. The van der Waals surface area contributed by atoms with Crippen LogP contribution in [0.25, 0.3) is 0 Å². The molecule has 0 saturated carbocycles. The molecule has 1 saturated heterocycles. The molecule has 1 aliphatic rings. The lowest BCUT2D eigenvalue weighted by Crippen LogP contribution is -2.44. The molecule has 3 rings (SSSR count). The summed E-state index contributed by atoms with van der Waals surface area (Å²) in [6, 6.07) is 16.0. The Morgan fingerprint density at radius 3 is 2.00 bits per heavy atom. The van der Waals surface area contributed by atoms with E-state index in [1.54, 1.807) is 11.8 Å². The van der Waals surface area contributed by atoms with Gasteiger partial charge in [-0.1, -0.05) is 56.2 Å². The molecule has 2 aromatic rings. The third kappa shape index (κ3) is 4.54. The Labute approximate surface area is 203 Å². The average molecular weight is 549 g/mol. The SMILES string of the molecule is CCOc1ccccc1C1(c2ccccc2OCC)SC(C(C)C)C(=O)N1CC#CI. The van der Waals surface area contributed by atoms with E-state index in [1.807, 2.05) is 77.7 Å². The van der Waals surface area contributed by atoms with Crippen LogP contribution >= 0.6 is 34.4 Å². The number of nitrogens with zero attached hydrogens (tertiary/aromatic N) is 1. The quantitative estimate of drug-likeness (QED) is 0.314. The zero-order chi connectivity index (χ0) is 22.4. The number of rotatable bonds is 8. The summed E-state index contributed by atoms with van der Waals surface area (Å²) in [4.78, 5) is 14.8. The first-order valence-electron chi connectivity index (χ1n) is 10.5. The van der Waals surface area contributed by atoms with Crippen LogP contribution < -0.4 is 9.47 Å². The molecule has 1 heterocycles. The first-order valence-corrected chi connectivity index (χ1v) is 12.5. The maximum atomic E-state index is 13.7. The van der Waals surface area contributed by atoms with Gasteiger partial charge >= 0.3 is 0 Å². The molecule has 164 valence electrons. The predicted octanol–water partition coefficient (Wildman–Crippen LogP) is 5.68.